The zero-order chi connectivity index (χ0) is 17.0. The molecular formula is C15H20F2N2O3S. The first kappa shape index (κ1) is 17.8. The van der Waals surface area contributed by atoms with Crippen molar-refractivity contribution >= 4 is 21.6 Å². The molecule has 8 heteroatoms. The van der Waals surface area contributed by atoms with E-state index in [1.54, 1.807) is 19.1 Å². The number of benzene rings is 1. The Morgan fingerprint density at radius 2 is 2.13 bits per heavy atom. The predicted octanol–water partition coefficient (Wildman–Crippen LogP) is 1.91. The lowest BCUT2D eigenvalue weighted by atomic mass is 10.0. The third-order valence-electron chi connectivity index (χ3n) is 3.70. The van der Waals surface area contributed by atoms with Crippen LogP contribution in [-0.4, -0.2) is 39.3 Å². The molecule has 1 fully saturated rings. The van der Waals surface area contributed by atoms with Crippen LogP contribution in [0.2, 0.25) is 0 Å². The second-order valence-electron chi connectivity index (χ2n) is 5.62. The van der Waals surface area contributed by atoms with Gasteiger partial charge in [-0.25, -0.2) is 17.5 Å². The normalized spacial score (nSPS) is 19.2. The first-order valence-electron chi connectivity index (χ1n) is 7.47. The van der Waals surface area contributed by atoms with Crippen LogP contribution < -0.4 is 9.62 Å². The number of nitrogens with one attached hydrogen (secondary N) is 1. The number of halogens is 2. The zero-order valence-corrected chi connectivity index (χ0v) is 13.7. The molecule has 1 aliphatic rings. The molecular weight excluding hydrogens is 326 g/mol. The molecule has 0 unspecified atom stereocenters. The van der Waals surface area contributed by atoms with E-state index in [2.05, 4.69) is 4.72 Å². The van der Waals surface area contributed by atoms with Gasteiger partial charge in [0.1, 0.15) is 11.9 Å². The molecule has 0 radical (unpaired) electrons. The summed E-state index contributed by atoms with van der Waals surface area (Å²) in [5.41, 5.74) is 0.961. The highest BCUT2D eigenvalue weighted by Crippen LogP contribution is 2.25. The lowest BCUT2D eigenvalue weighted by Crippen LogP contribution is -2.53. The van der Waals surface area contributed by atoms with Crippen molar-refractivity contribution in [3.63, 3.8) is 0 Å². The van der Waals surface area contributed by atoms with E-state index in [9.17, 15) is 22.0 Å². The van der Waals surface area contributed by atoms with Crippen molar-refractivity contribution in [2.45, 2.75) is 32.2 Å². The molecule has 1 aromatic rings. The number of hydrogen-bond acceptors (Lipinski definition) is 3. The number of nitrogens with zero attached hydrogens (tertiary/aromatic N) is 1. The minimum Gasteiger partial charge on any atom is -0.308 e. The van der Waals surface area contributed by atoms with Crippen LogP contribution in [0.25, 0.3) is 0 Å². The number of amides is 1. The number of rotatable bonds is 6. The monoisotopic (exact) mass is 346 g/mol. The number of alkyl halides is 1. The molecule has 1 amide bonds. The van der Waals surface area contributed by atoms with E-state index in [4.69, 9.17) is 0 Å². The van der Waals surface area contributed by atoms with Gasteiger partial charge in [0.05, 0.1) is 18.1 Å². The zero-order valence-electron chi connectivity index (χ0n) is 12.9. The van der Waals surface area contributed by atoms with E-state index in [-0.39, 0.29) is 17.9 Å². The van der Waals surface area contributed by atoms with Gasteiger partial charge in [-0.3, -0.25) is 9.18 Å². The van der Waals surface area contributed by atoms with Crippen molar-refractivity contribution in [2.24, 2.45) is 0 Å². The molecule has 1 N–H and O–H groups in total. The number of carbonyl (C=O) groups excluding carboxylic acids is 1. The minimum atomic E-state index is -3.73. The number of aryl methyl sites for hydroxylation is 1. The van der Waals surface area contributed by atoms with Gasteiger partial charge < -0.3 is 4.90 Å². The lowest BCUT2D eigenvalue weighted by molar-refractivity contribution is -0.121. The first-order valence-corrected chi connectivity index (χ1v) is 9.13. The van der Waals surface area contributed by atoms with Crippen LogP contribution in [0, 0.1) is 12.7 Å². The summed E-state index contributed by atoms with van der Waals surface area (Å²) in [5.74, 6) is -1.37. The van der Waals surface area contributed by atoms with Crippen LogP contribution >= 0.6 is 0 Å². The molecule has 23 heavy (non-hydrogen) atoms. The molecule has 0 aliphatic carbocycles. The van der Waals surface area contributed by atoms with Crippen LogP contribution in [-0.2, 0) is 14.8 Å². The molecule has 0 spiro atoms. The number of carbonyl (C=O) groups is 1. The Bertz CT molecular complexity index is 679. The Kier molecular flexibility index (Phi) is 5.69. The molecule has 0 saturated carbocycles. The lowest BCUT2D eigenvalue weighted by Gasteiger charge is -2.32. The summed E-state index contributed by atoms with van der Waals surface area (Å²) in [5, 5.41) is 0. The van der Waals surface area contributed by atoms with Crippen LogP contribution in [0.3, 0.4) is 0 Å². The third-order valence-corrected chi connectivity index (χ3v) is 5.17. The fraction of sp³-hybridized carbons (Fsp3) is 0.533. The maximum absolute atomic E-state index is 14.0. The number of hydrogen-bond donors (Lipinski definition) is 1. The molecule has 0 bridgehead atoms. The van der Waals surface area contributed by atoms with Crippen molar-refractivity contribution in [1.29, 1.82) is 0 Å². The topological polar surface area (TPSA) is 66.5 Å². The molecule has 128 valence electrons. The summed E-state index contributed by atoms with van der Waals surface area (Å²) < 4.78 is 52.1. The van der Waals surface area contributed by atoms with Crippen molar-refractivity contribution < 1.29 is 22.0 Å². The predicted molar refractivity (Wildman–Crippen MR) is 84.0 cm³/mol. The molecule has 1 saturated heterocycles. The molecule has 1 aromatic carbocycles. The molecule has 2 rings (SSSR count). The third kappa shape index (κ3) is 4.48. The van der Waals surface area contributed by atoms with Crippen LogP contribution in [0.4, 0.5) is 14.5 Å². The highest BCUT2D eigenvalue weighted by Gasteiger charge is 2.33. The first-order chi connectivity index (χ1) is 10.8. The fourth-order valence-electron chi connectivity index (χ4n) is 2.57. The van der Waals surface area contributed by atoms with E-state index < -0.39 is 34.5 Å². The summed E-state index contributed by atoms with van der Waals surface area (Å²) in [6.07, 6.45) is 0.777. The quantitative estimate of drug-likeness (QED) is 0.856. The van der Waals surface area contributed by atoms with Gasteiger partial charge in [0.25, 0.3) is 0 Å². The van der Waals surface area contributed by atoms with E-state index in [1.165, 1.54) is 11.0 Å². The van der Waals surface area contributed by atoms with Gasteiger partial charge in [0.15, 0.2) is 0 Å². The Balaban J connectivity index is 2.17. The van der Waals surface area contributed by atoms with Gasteiger partial charge in [-0.15, -0.1) is 0 Å². The van der Waals surface area contributed by atoms with Crippen LogP contribution in [0.15, 0.2) is 18.2 Å². The molecule has 5 nitrogen and oxygen atoms in total. The number of anilines is 1. The van der Waals surface area contributed by atoms with Crippen LogP contribution in [0.5, 0.6) is 0 Å². The average Bonchev–Trinajstić information content (AvgIpc) is 2.50. The van der Waals surface area contributed by atoms with E-state index >= 15 is 0 Å². The van der Waals surface area contributed by atoms with E-state index in [0.29, 0.717) is 19.4 Å². The molecule has 1 heterocycles. The van der Waals surface area contributed by atoms with Gasteiger partial charge >= 0.3 is 0 Å². The maximum atomic E-state index is 14.0. The van der Waals surface area contributed by atoms with E-state index in [1.807, 2.05) is 0 Å². The Labute approximate surface area is 134 Å². The highest BCUT2D eigenvalue weighted by molar-refractivity contribution is 7.89. The maximum Gasteiger partial charge on any atom is 0.245 e. The number of sulfonamides is 1. The number of piperidine rings is 1. The second kappa shape index (κ2) is 7.35. The highest BCUT2D eigenvalue weighted by atomic mass is 32.2. The van der Waals surface area contributed by atoms with Gasteiger partial charge in [-0.2, -0.15) is 0 Å². The summed E-state index contributed by atoms with van der Waals surface area (Å²) >= 11 is 0. The van der Waals surface area contributed by atoms with Crippen molar-refractivity contribution in [1.82, 2.24) is 4.72 Å². The summed E-state index contributed by atoms with van der Waals surface area (Å²) in [4.78, 5) is 13.8. The largest absolute Gasteiger partial charge is 0.308 e. The van der Waals surface area contributed by atoms with E-state index in [0.717, 1.165) is 5.56 Å². The smallest absolute Gasteiger partial charge is 0.245 e. The molecule has 0 aromatic heterocycles. The molecule has 1 atom stereocenters. The van der Waals surface area contributed by atoms with Crippen molar-refractivity contribution in [3.8, 4) is 0 Å². The van der Waals surface area contributed by atoms with Gasteiger partial charge in [0, 0.05) is 6.54 Å². The second-order valence-corrected chi connectivity index (χ2v) is 7.49. The van der Waals surface area contributed by atoms with Crippen molar-refractivity contribution in [2.75, 3.05) is 23.9 Å². The van der Waals surface area contributed by atoms with Gasteiger partial charge in [0.2, 0.25) is 15.9 Å². The van der Waals surface area contributed by atoms with Crippen molar-refractivity contribution in [3.05, 3.63) is 29.6 Å². The van der Waals surface area contributed by atoms with Gasteiger partial charge in [-0.1, -0.05) is 6.07 Å². The van der Waals surface area contributed by atoms with Gasteiger partial charge in [-0.05, 0) is 43.9 Å². The summed E-state index contributed by atoms with van der Waals surface area (Å²) in [6.45, 7) is 1.39. The molecule has 1 aliphatic heterocycles. The Hall–Kier alpha value is -1.54. The summed E-state index contributed by atoms with van der Waals surface area (Å²) in [6, 6.07) is 3.51. The standard InChI is InChI=1S/C15H20F2N2O3S/c1-11-5-6-12(17)14(10-11)19-8-2-4-13(15(19)20)18-23(21,22)9-3-7-16/h5-6,10,13,18H,2-4,7-9H2,1H3/t13-/m0/s1. The Morgan fingerprint density at radius 3 is 2.83 bits per heavy atom. The summed E-state index contributed by atoms with van der Waals surface area (Å²) in [7, 11) is -3.73. The SMILES string of the molecule is Cc1ccc(F)c(N2CCC[C@H](NS(=O)(=O)CCCF)C2=O)c1. The fourth-order valence-corrected chi connectivity index (χ4v) is 3.83. The van der Waals surface area contributed by atoms with Crippen LogP contribution in [0.1, 0.15) is 24.8 Å². The average molecular weight is 346 g/mol. The minimum absolute atomic E-state index is 0.119. The Morgan fingerprint density at radius 1 is 1.39 bits per heavy atom.